The molecule has 2 aromatic carbocycles. The molecule has 0 saturated heterocycles. The minimum atomic E-state index is -0.0771. The number of ketones is 1. The summed E-state index contributed by atoms with van der Waals surface area (Å²) in [7, 11) is 0. The molecule has 0 aromatic heterocycles. The molecule has 17 heavy (non-hydrogen) atoms. The summed E-state index contributed by atoms with van der Waals surface area (Å²) < 4.78 is 0. The largest absolute Gasteiger partial charge is 0.398 e. The zero-order valence-corrected chi connectivity index (χ0v) is 10.1. The van der Waals surface area contributed by atoms with E-state index < -0.39 is 0 Å². The Morgan fingerprint density at radius 2 is 1.59 bits per heavy atom. The summed E-state index contributed by atoms with van der Waals surface area (Å²) in [5.74, 6) is -0.0771. The Labute approximate surface area is 108 Å². The topological polar surface area (TPSA) is 43.1 Å². The number of carbonyl (C=O) groups excluding carboxylic acids is 1. The van der Waals surface area contributed by atoms with Crippen LogP contribution in [0.1, 0.15) is 15.9 Å². The monoisotopic (exact) mass is 263 g/mol. The van der Waals surface area contributed by atoms with Crippen LogP contribution in [-0.4, -0.2) is 5.78 Å². The molecular formula is C13H7Cl2NO. The number of nitrogens with two attached hydrogens (primary N) is 1. The van der Waals surface area contributed by atoms with Gasteiger partial charge in [-0.3, -0.25) is 4.79 Å². The Morgan fingerprint density at radius 3 is 2.35 bits per heavy atom. The number of fused-ring (bicyclic) bond motifs is 3. The Hall–Kier alpha value is -1.51. The van der Waals surface area contributed by atoms with E-state index in [1.165, 1.54) is 0 Å². The maximum atomic E-state index is 12.2. The lowest BCUT2D eigenvalue weighted by atomic mass is 10.0. The highest BCUT2D eigenvalue weighted by atomic mass is 35.5. The first-order valence-corrected chi connectivity index (χ1v) is 5.77. The van der Waals surface area contributed by atoms with Gasteiger partial charge in [-0.05, 0) is 29.8 Å². The van der Waals surface area contributed by atoms with E-state index in [4.69, 9.17) is 28.9 Å². The van der Waals surface area contributed by atoms with Crippen LogP contribution in [0.15, 0.2) is 30.3 Å². The van der Waals surface area contributed by atoms with Crippen LogP contribution in [0.25, 0.3) is 11.1 Å². The fourth-order valence-corrected chi connectivity index (χ4v) is 2.57. The van der Waals surface area contributed by atoms with Crippen LogP contribution in [0.4, 0.5) is 5.69 Å². The Kier molecular flexibility index (Phi) is 2.18. The van der Waals surface area contributed by atoms with Crippen molar-refractivity contribution in [3.8, 4) is 11.1 Å². The molecule has 0 unspecified atom stereocenters. The molecule has 0 atom stereocenters. The summed E-state index contributed by atoms with van der Waals surface area (Å²) in [5, 5.41) is 1.00. The summed E-state index contributed by atoms with van der Waals surface area (Å²) in [5.41, 5.74) is 9.15. The van der Waals surface area contributed by atoms with Gasteiger partial charge in [0.15, 0.2) is 5.78 Å². The molecular weight excluding hydrogens is 257 g/mol. The van der Waals surface area contributed by atoms with Crippen molar-refractivity contribution in [2.24, 2.45) is 0 Å². The van der Waals surface area contributed by atoms with Gasteiger partial charge in [0, 0.05) is 32.4 Å². The molecule has 0 bridgehead atoms. The summed E-state index contributed by atoms with van der Waals surface area (Å²) in [6.07, 6.45) is 0. The third-order valence-corrected chi connectivity index (χ3v) is 3.33. The SMILES string of the molecule is Nc1cc(Cl)cc2c1-c1ccc(Cl)cc1C2=O. The van der Waals surface area contributed by atoms with Gasteiger partial charge in [-0.15, -0.1) is 0 Å². The first-order chi connectivity index (χ1) is 8.08. The lowest BCUT2D eigenvalue weighted by Gasteiger charge is -2.04. The molecule has 84 valence electrons. The van der Waals surface area contributed by atoms with Gasteiger partial charge in [0.2, 0.25) is 0 Å². The number of rotatable bonds is 0. The Bertz CT molecular complexity index is 665. The predicted octanol–water partition coefficient (Wildman–Crippen LogP) is 3.79. The third kappa shape index (κ3) is 1.45. The van der Waals surface area contributed by atoms with E-state index in [2.05, 4.69) is 0 Å². The van der Waals surface area contributed by atoms with Crippen molar-refractivity contribution in [2.45, 2.75) is 0 Å². The van der Waals surface area contributed by atoms with E-state index in [0.29, 0.717) is 26.9 Å². The van der Waals surface area contributed by atoms with Crippen molar-refractivity contribution in [1.29, 1.82) is 0 Å². The van der Waals surface area contributed by atoms with Crippen LogP contribution >= 0.6 is 23.2 Å². The number of benzene rings is 2. The fraction of sp³-hybridized carbons (Fsp3) is 0. The van der Waals surface area contributed by atoms with Gasteiger partial charge in [0.25, 0.3) is 0 Å². The lowest BCUT2D eigenvalue weighted by molar-refractivity contribution is 0.104. The summed E-state index contributed by atoms with van der Waals surface area (Å²) in [6.45, 7) is 0. The first kappa shape index (κ1) is 10.6. The van der Waals surface area contributed by atoms with Gasteiger partial charge in [0.1, 0.15) is 0 Å². The van der Waals surface area contributed by atoms with Gasteiger partial charge in [-0.1, -0.05) is 29.3 Å². The number of hydrogen-bond donors (Lipinski definition) is 1. The molecule has 0 spiro atoms. The van der Waals surface area contributed by atoms with Gasteiger partial charge in [0.05, 0.1) is 0 Å². The Balaban J connectivity index is 2.39. The smallest absolute Gasteiger partial charge is 0.194 e. The first-order valence-electron chi connectivity index (χ1n) is 5.01. The van der Waals surface area contributed by atoms with Gasteiger partial charge in [-0.2, -0.15) is 0 Å². The molecule has 2 nitrogen and oxygen atoms in total. The second kappa shape index (κ2) is 3.49. The quantitative estimate of drug-likeness (QED) is 0.628. The Morgan fingerprint density at radius 1 is 0.882 bits per heavy atom. The van der Waals surface area contributed by atoms with Crippen molar-refractivity contribution in [3.05, 3.63) is 51.5 Å². The molecule has 3 rings (SSSR count). The van der Waals surface area contributed by atoms with Crippen molar-refractivity contribution in [1.82, 2.24) is 0 Å². The molecule has 0 saturated carbocycles. The van der Waals surface area contributed by atoms with Crippen molar-refractivity contribution in [3.63, 3.8) is 0 Å². The molecule has 0 heterocycles. The van der Waals surface area contributed by atoms with E-state index >= 15 is 0 Å². The zero-order valence-electron chi connectivity index (χ0n) is 8.63. The molecule has 4 heteroatoms. The minimum Gasteiger partial charge on any atom is -0.398 e. The van der Waals surface area contributed by atoms with Crippen LogP contribution in [0.2, 0.25) is 10.0 Å². The maximum Gasteiger partial charge on any atom is 0.194 e. The van der Waals surface area contributed by atoms with Gasteiger partial charge in [-0.25, -0.2) is 0 Å². The highest BCUT2D eigenvalue weighted by Crippen LogP contribution is 2.42. The number of carbonyl (C=O) groups is 1. The third-order valence-electron chi connectivity index (χ3n) is 2.87. The van der Waals surface area contributed by atoms with Gasteiger partial charge < -0.3 is 5.73 Å². The van der Waals surface area contributed by atoms with Crippen molar-refractivity contribution < 1.29 is 4.79 Å². The highest BCUT2D eigenvalue weighted by molar-refractivity contribution is 6.34. The van der Waals surface area contributed by atoms with E-state index in [1.807, 2.05) is 6.07 Å². The average molecular weight is 264 g/mol. The second-order valence-electron chi connectivity index (χ2n) is 3.94. The molecule has 0 radical (unpaired) electrons. The van der Waals surface area contributed by atoms with Crippen molar-refractivity contribution in [2.75, 3.05) is 5.73 Å². The molecule has 2 N–H and O–H groups in total. The van der Waals surface area contributed by atoms with Crippen LogP contribution in [0, 0.1) is 0 Å². The fourth-order valence-electron chi connectivity index (χ4n) is 2.18. The number of nitrogen functional groups attached to an aromatic ring is 1. The van der Waals surface area contributed by atoms with Crippen LogP contribution in [0.5, 0.6) is 0 Å². The average Bonchev–Trinajstić information content (AvgIpc) is 2.53. The van der Waals surface area contributed by atoms with E-state index in [1.54, 1.807) is 24.3 Å². The summed E-state index contributed by atoms with van der Waals surface area (Å²) in [4.78, 5) is 12.2. The molecule has 1 aliphatic carbocycles. The lowest BCUT2D eigenvalue weighted by Crippen LogP contribution is -1.96. The standard InChI is InChI=1S/C13H7Cl2NO/c14-6-1-2-8-9(3-6)13(17)10-4-7(15)5-11(16)12(8)10/h1-5H,16H2. The zero-order chi connectivity index (χ0) is 12.2. The molecule has 0 fully saturated rings. The normalized spacial score (nSPS) is 12.5. The van der Waals surface area contributed by atoms with Gasteiger partial charge >= 0.3 is 0 Å². The van der Waals surface area contributed by atoms with Crippen LogP contribution in [0.3, 0.4) is 0 Å². The number of hydrogen-bond acceptors (Lipinski definition) is 2. The minimum absolute atomic E-state index is 0.0771. The van der Waals surface area contributed by atoms with Crippen LogP contribution < -0.4 is 5.73 Å². The maximum absolute atomic E-state index is 12.2. The van der Waals surface area contributed by atoms with E-state index in [0.717, 1.165) is 11.1 Å². The number of anilines is 1. The second-order valence-corrected chi connectivity index (χ2v) is 4.81. The summed E-state index contributed by atoms with van der Waals surface area (Å²) in [6, 6.07) is 8.51. The molecule has 1 aliphatic rings. The predicted molar refractivity (Wildman–Crippen MR) is 69.7 cm³/mol. The van der Waals surface area contributed by atoms with Crippen molar-refractivity contribution >= 4 is 34.7 Å². The number of halogens is 2. The molecule has 0 aliphatic heterocycles. The van der Waals surface area contributed by atoms with E-state index in [-0.39, 0.29) is 5.78 Å². The highest BCUT2D eigenvalue weighted by Gasteiger charge is 2.28. The molecule has 0 amide bonds. The van der Waals surface area contributed by atoms with E-state index in [9.17, 15) is 4.79 Å². The van der Waals surface area contributed by atoms with Crippen LogP contribution in [-0.2, 0) is 0 Å². The summed E-state index contributed by atoms with van der Waals surface area (Å²) >= 11 is 11.8. The molecule has 2 aromatic rings.